The first kappa shape index (κ1) is 16.3. The molecule has 2 N–H and O–H groups in total. The molecule has 0 spiro atoms. The third kappa shape index (κ3) is 5.40. The van der Waals surface area contributed by atoms with Crippen LogP contribution in [0.1, 0.15) is 33.6 Å². The molecule has 19 heavy (non-hydrogen) atoms. The lowest BCUT2D eigenvalue weighted by Crippen LogP contribution is -2.51. The summed E-state index contributed by atoms with van der Waals surface area (Å²) in [7, 11) is 0. The van der Waals surface area contributed by atoms with Gasteiger partial charge in [-0.3, -0.25) is 4.79 Å². The molecular weight excluding hydrogens is 264 g/mol. The Hall–Kier alpha value is -0.750. The van der Waals surface area contributed by atoms with Gasteiger partial charge in [0.1, 0.15) is 6.04 Å². The van der Waals surface area contributed by atoms with E-state index < -0.39 is 6.04 Å². The van der Waals surface area contributed by atoms with E-state index in [1.54, 1.807) is 23.6 Å². The van der Waals surface area contributed by atoms with E-state index in [1.807, 2.05) is 13.8 Å². The van der Waals surface area contributed by atoms with Gasteiger partial charge in [-0.15, -0.1) is 0 Å². The monoisotopic (exact) mass is 288 g/mol. The summed E-state index contributed by atoms with van der Waals surface area (Å²) >= 11 is 1.68. The Labute approximate surface area is 119 Å². The first-order valence-corrected chi connectivity index (χ1v) is 7.83. The summed E-state index contributed by atoms with van der Waals surface area (Å²) in [6.07, 6.45) is 0.995. The Morgan fingerprint density at radius 3 is 2.74 bits per heavy atom. The van der Waals surface area contributed by atoms with E-state index in [4.69, 9.17) is 10.5 Å². The maximum atomic E-state index is 12.2. The zero-order valence-electron chi connectivity index (χ0n) is 12.0. The molecule has 0 aromatic rings. The van der Waals surface area contributed by atoms with Crippen molar-refractivity contribution >= 4 is 23.6 Å². The topological polar surface area (TPSA) is 72.6 Å². The van der Waals surface area contributed by atoms with E-state index >= 15 is 0 Å². The number of thioether (sulfide) groups is 1. The summed E-state index contributed by atoms with van der Waals surface area (Å²) in [6.45, 7) is 6.52. The van der Waals surface area contributed by atoms with E-state index in [0.717, 1.165) is 5.75 Å². The van der Waals surface area contributed by atoms with E-state index in [2.05, 4.69) is 0 Å². The molecule has 110 valence electrons. The van der Waals surface area contributed by atoms with Crippen molar-refractivity contribution in [1.29, 1.82) is 0 Å². The Kier molecular flexibility index (Phi) is 6.13. The van der Waals surface area contributed by atoms with Crippen molar-refractivity contribution in [1.82, 2.24) is 4.90 Å². The number of amides is 1. The molecule has 0 radical (unpaired) electrons. The maximum Gasteiger partial charge on any atom is 0.329 e. The molecule has 0 aromatic heterocycles. The second-order valence-electron chi connectivity index (χ2n) is 5.42. The minimum Gasteiger partial charge on any atom is -0.464 e. The number of carbonyl (C=O) groups is 2. The summed E-state index contributed by atoms with van der Waals surface area (Å²) in [5, 5.41) is 0. The van der Waals surface area contributed by atoms with Crippen molar-refractivity contribution in [2.24, 2.45) is 5.73 Å². The van der Waals surface area contributed by atoms with Crippen LogP contribution < -0.4 is 5.73 Å². The Balaban J connectivity index is 2.61. The largest absolute Gasteiger partial charge is 0.464 e. The van der Waals surface area contributed by atoms with Crippen molar-refractivity contribution < 1.29 is 14.3 Å². The number of hydrogen-bond donors (Lipinski definition) is 1. The number of carbonyl (C=O) groups excluding carboxylic acids is 2. The molecule has 0 bridgehead atoms. The predicted octanol–water partition coefficient (Wildman–Crippen LogP) is 1.01. The van der Waals surface area contributed by atoms with E-state index in [1.165, 1.54) is 0 Å². The van der Waals surface area contributed by atoms with Gasteiger partial charge in [0.05, 0.1) is 6.61 Å². The highest BCUT2D eigenvalue weighted by Gasteiger charge is 2.33. The molecule has 1 aliphatic rings. The maximum absolute atomic E-state index is 12.2. The van der Waals surface area contributed by atoms with Crippen LogP contribution in [0.4, 0.5) is 0 Å². The van der Waals surface area contributed by atoms with Gasteiger partial charge in [0.2, 0.25) is 5.91 Å². The highest BCUT2D eigenvalue weighted by Crippen LogP contribution is 2.20. The van der Waals surface area contributed by atoms with Gasteiger partial charge in [-0.2, -0.15) is 11.8 Å². The van der Waals surface area contributed by atoms with Gasteiger partial charge < -0.3 is 15.4 Å². The minimum atomic E-state index is -0.438. The van der Waals surface area contributed by atoms with Crippen molar-refractivity contribution in [2.75, 3.05) is 24.7 Å². The molecule has 5 nitrogen and oxygen atoms in total. The fourth-order valence-electron chi connectivity index (χ4n) is 1.91. The van der Waals surface area contributed by atoms with Crippen molar-refractivity contribution in [3.05, 3.63) is 0 Å². The Bertz CT molecular complexity index is 328. The van der Waals surface area contributed by atoms with Gasteiger partial charge in [0, 0.05) is 30.0 Å². The fraction of sp³-hybridized carbons (Fsp3) is 0.846. The molecule has 1 amide bonds. The van der Waals surface area contributed by atoms with Crippen LogP contribution in [-0.2, 0) is 14.3 Å². The lowest BCUT2D eigenvalue weighted by molar-refractivity contribution is -0.154. The van der Waals surface area contributed by atoms with Gasteiger partial charge >= 0.3 is 5.97 Å². The van der Waals surface area contributed by atoms with Gasteiger partial charge in [-0.05, 0) is 27.2 Å². The molecule has 1 atom stereocenters. The number of rotatable bonds is 5. The van der Waals surface area contributed by atoms with E-state index in [-0.39, 0.29) is 17.4 Å². The summed E-state index contributed by atoms with van der Waals surface area (Å²) < 4.78 is 5.04. The van der Waals surface area contributed by atoms with Crippen LogP contribution in [0.5, 0.6) is 0 Å². The zero-order chi connectivity index (χ0) is 14.5. The van der Waals surface area contributed by atoms with Crippen molar-refractivity contribution in [3.8, 4) is 0 Å². The number of nitrogens with zero attached hydrogens (tertiary/aromatic N) is 1. The summed E-state index contributed by atoms with van der Waals surface area (Å²) in [5.74, 6) is 1.19. The average Bonchev–Trinajstić information content (AvgIpc) is 2.35. The lowest BCUT2D eigenvalue weighted by atomic mass is 9.99. The number of ether oxygens (including phenoxy) is 1. The van der Waals surface area contributed by atoms with Gasteiger partial charge in [0.25, 0.3) is 0 Å². The lowest BCUT2D eigenvalue weighted by Gasteiger charge is -2.34. The normalized spacial score (nSPS) is 20.2. The third-order valence-electron chi connectivity index (χ3n) is 2.99. The third-order valence-corrected chi connectivity index (χ3v) is 4.01. The molecule has 0 aromatic carbocycles. The average molecular weight is 288 g/mol. The fourth-order valence-corrected chi connectivity index (χ4v) is 2.94. The quantitative estimate of drug-likeness (QED) is 0.764. The molecule has 0 saturated carbocycles. The van der Waals surface area contributed by atoms with Crippen LogP contribution in [-0.4, -0.2) is 53.0 Å². The molecule has 0 aliphatic carbocycles. The molecule has 1 fully saturated rings. The van der Waals surface area contributed by atoms with E-state index in [0.29, 0.717) is 31.7 Å². The summed E-state index contributed by atoms with van der Waals surface area (Å²) in [6, 6.07) is -0.438. The molecule has 1 rings (SSSR count). The Morgan fingerprint density at radius 1 is 1.47 bits per heavy atom. The number of hydrogen-bond acceptors (Lipinski definition) is 5. The van der Waals surface area contributed by atoms with Gasteiger partial charge in [0.15, 0.2) is 0 Å². The molecule has 1 unspecified atom stereocenters. The number of nitrogens with two attached hydrogens (primary N) is 1. The summed E-state index contributed by atoms with van der Waals surface area (Å²) in [4.78, 5) is 25.7. The van der Waals surface area contributed by atoms with Crippen molar-refractivity contribution in [2.45, 2.75) is 45.2 Å². The smallest absolute Gasteiger partial charge is 0.329 e. The summed E-state index contributed by atoms with van der Waals surface area (Å²) in [5.41, 5.74) is 5.53. The first-order chi connectivity index (χ1) is 8.85. The second-order valence-corrected chi connectivity index (χ2v) is 6.57. The molecule has 1 aliphatic heterocycles. The highest BCUT2D eigenvalue weighted by molar-refractivity contribution is 7.99. The molecule has 6 heteroatoms. The molecular formula is C13H24N2O3S. The predicted molar refractivity (Wildman–Crippen MR) is 77.0 cm³/mol. The molecule has 1 heterocycles. The van der Waals surface area contributed by atoms with Gasteiger partial charge in [-0.25, -0.2) is 4.79 Å². The van der Waals surface area contributed by atoms with Crippen LogP contribution in [0.3, 0.4) is 0 Å². The van der Waals surface area contributed by atoms with Gasteiger partial charge in [-0.1, -0.05) is 0 Å². The Morgan fingerprint density at radius 2 is 2.16 bits per heavy atom. The van der Waals surface area contributed by atoms with E-state index in [9.17, 15) is 9.59 Å². The number of esters is 1. The first-order valence-electron chi connectivity index (χ1n) is 6.68. The van der Waals surface area contributed by atoms with Crippen LogP contribution in [0.2, 0.25) is 0 Å². The van der Waals surface area contributed by atoms with Crippen LogP contribution in [0.15, 0.2) is 0 Å². The van der Waals surface area contributed by atoms with Crippen LogP contribution >= 0.6 is 11.8 Å². The SMILES string of the molecule is CCOC(=O)C1CSCCN1C(=O)CCC(C)(C)N. The molecule has 1 saturated heterocycles. The van der Waals surface area contributed by atoms with Crippen LogP contribution in [0.25, 0.3) is 0 Å². The van der Waals surface area contributed by atoms with Crippen molar-refractivity contribution in [3.63, 3.8) is 0 Å². The van der Waals surface area contributed by atoms with Crippen LogP contribution in [0, 0.1) is 0 Å². The second kappa shape index (κ2) is 7.14. The minimum absolute atomic E-state index is 0.00289. The standard InChI is InChI=1S/C13H24N2O3S/c1-4-18-12(17)10-9-19-8-7-15(10)11(16)5-6-13(2,3)14/h10H,4-9,14H2,1-3H3. The zero-order valence-corrected chi connectivity index (χ0v) is 12.8. The highest BCUT2D eigenvalue weighted by atomic mass is 32.2.